The van der Waals surface area contributed by atoms with Gasteiger partial charge in [-0.05, 0) is 107 Å². The number of urea groups is 1. The van der Waals surface area contributed by atoms with E-state index >= 15 is 0 Å². The van der Waals surface area contributed by atoms with E-state index in [0.717, 1.165) is 65.8 Å². The summed E-state index contributed by atoms with van der Waals surface area (Å²) in [6.07, 6.45) is 3.56. The normalized spacial score (nSPS) is 12.5. The number of aromatic nitrogens is 4. The molecule has 0 atom stereocenters. The van der Waals surface area contributed by atoms with Gasteiger partial charge in [0.15, 0.2) is 0 Å². The summed E-state index contributed by atoms with van der Waals surface area (Å²) in [5.74, 6) is -1.60. The number of nitrogens with zero attached hydrogens (tertiary/aromatic N) is 7. The minimum absolute atomic E-state index is 0.130. The van der Waals surface area contributed by atoms with Crippen LogP contribution in [0.2, 0.25) is 0 Å². The van der Waals surface area contributed by atoms with Gasteiger partial charge in [0.25, 0.3) is 0 Å². The molecule has 0 aliphatic carbocycles. The number of nitriles is 2. The number of carbonyl (C=O) groups excluding carboxylic acids is 2. The Kier molecular flexibility index (Phi) is 16.2. The van der Waals surface area contributed by atoms with Crippen molar-refractivity contribution in [3.8, 4) is 34.4 Å². The molecule has 13 nitrogen and oxygen atoms in total. The summed E-state index contributed by atoms with van der Waals surface area (Å²) in [5.41, 5.74) is 10.7. The van der Waals surface area contributed by atoms with Gasteiger partial charge in [0.05, 0.1) is 66.7 Å². The lowest BCUT2D eigenvalue weighted by Crippen LogP contribution is -2.41. The highest BCUT2D eigenvalue weighted by Gasteiger charge is 2.25. The van der Waals surface area contributed by atoms with Gasteiger partial charge in [-0.2, -0.15) is 20.7 Å². The van der Waals surface area contributed by atoms with Crippen LogP contribution in [0.25, 0.3) is 22.3 Å². The van der Waals surface area contributed by atoms with E-state index in [9.17, 15) is 27.2 Å². The van der Waals surface area contributed by atoms with Crippen molar-refractivity contribution in [1.29, 1.82) is 10.5 Å². The zero-order chi connectivity index (χ0) is 45.0. The number of hydrogen-bond donors (Lipinski definition) is 3. The Morgan fingerprint density at radius 2 is 1.27 bits per heavy atom. The average Bonchev–Trinajstić information content (AvgIpc) is 3.85. The van der Waals surface area contributed by atoms with Crippen LogP contribution in [0, 0.1) is 45.9 Å². The van der Waals surface area contributed by atoms with Gasteiger partial charge < -0.3 is 26.0 Å². The molecule has 2 amide bonds. The van der Waals surface area contributed by atoms with Crippen molar-refractivity contribution in [3.05, 3.63) is 143 Å². The molecule has 0 radical (unpaired) electrons. The van der Waals surface area contributed by atoms with E-state index in [1.807, 2.05) is 21.6 Å². The molecule has 62 heavy (non-hydrogen) atoms. The smallest absolute Gasteiger partial charge is 0.402 e. The Bertz CT molecular complexity index is 2590. The van der Waals surface area contributed by atoms with E-state index in [-0.39, 0.29) is 34.1 Å². The second-order valence-corrected chi connectivity index (χ2v) is 15.5. The number of fused-ring (bicyclic) bond motifs is 2. The van der Waals surface area contributed by atoms with E-state index < -0.39 is 27.1 Å². The van der Waals surface area contributed by atoms with E-state index in [1.54, 1.807) is 41.4 Å². The maximum Gasteiger partial charge on any atom is 0.407 e. The van der Waals surface area contributed by atoms with Gasteiger partial charge in [-0.1, -0.05) is 24.3 Å². The standard InChI is InChI=1S/C20H15F2N5O.C12H12FN3.C7H5FN2.C2Cl4O2/c21-15-3-1-14(2-4-15)18-11-24-27-6-5-26(12-19(18)27)20(28)25-17-8-13(10-23)7-16(22)9-17;13-10-3-1-9(2-4-10)11-7-15-16-6-5-14-8-12(11)16;8-6-1-5(4-9)2-7(10)3-6;3-1(7)8-2(4,5)6/h1-4,7-9,11H,5-6,12H2,(H,25,28);1-4,7,14H,5-6,8H2;1-3H,10H2;. The second kappa shape index (κ2) is 21.4. The number of nitrogens with two attached hydrogens (primary N) is 1. The Morgan fingerprint density at radius 1 is 0.742 bits per heavy atom. The lowest BCUT2D eigenvalue weighted by Gasteiger charge is -2.28. The topological polar surface area (TPSA) is 180 Å². The van der Waals surface area contributed by atoms with Crippen LogP contribution in [-0.2, 0) is 30.9 Å². The SMILES string of the molecule is Fc1ccc(-c2cnn3c2CNCC3)cc1.N#Cc1cc(F)cc(NC(=O)N2CCn3ncc(-c4ccc(F)cc4)c3C2)c1.N#Cc1cc(N)cc(F)c1.O=C(Cl)OC(Cl)(Cl)Cl. The summed E-state index contributed by atoms with van der Waals surface area (Å²) >= 11 is 19.4. The number of hydrogen-bond acceptors (Lipinski definition) is 9. The predicted molar refractivity (Wildman–Crippen MR) is 226 cm³/mol. The largest absolute Gasteiger partial charge is 0.407 e. The number of halogens is 8. The lowest BCUT2D eigenvalue weighted by molar-refractivity contribution is 0.172. The fraction of sp³-hybridized carbons (Fsp3) is 0.171. The lowest BCUT2D eigenvalue weighted by atomic mass is 10.1. The number of carbonyl (C=O) groups is 2. The Balaban J connectivity index is 0.000000179. The monoisotopic (exact) mass is 928 g/mol. The molecule has 0 saturated carbocycles. The van der Waals surface area contributed by atoms with Crippen LogP contribution in [0.4, 0.5) is 38.5 Å². The number of nitrogen functional groups attached to an aromatic ring is 1. The van der Waals surface area contributed by atoms with Gasteiger partial charge in [-0.15, -0.1) is 0 Å². The highest BCUT2D eigenvalue weighted by molar-refractivity contribution is 6.69. The summed E-state index contributed by atoms with van der Waals surface area (Å²) in [4.78, 5) is 24.0. The summed E-state index contributed by atoms with van der Waals surface area (Å²) in [7, 11) is 0. The Labute approximate surface area is 371 Å². The van der Waals surface area contributed by atoms with Crippen LogP contribution in [-0.4, -0.2) is 53.0 Å². The molecule has 4 N–H and O–H groups in total. The summed E-state index contributed by atoms with van der Waals surface area (Å²) in [6.45, 7) is 3.93. The summed E-state index contributed by atoms with van der Waals surface area (Å²) in [5, 5.41) is 31.9. The third kappa shape index (κ3) is 13.6. The highest BCUT2D eigenvalue weighted by Crippen LogP contribution is 2.29. The van der Waals surface area contributed by atoms with E-state index in [0.29, 0.717) is 19.6 Å². The van der Waals surface area contributed by atoms with Crippen LogP contribution in [0.1, 0.15) is 22.5 Å². The van der Waals surface area contributed by atoms with Gasteiger partial charge in [-0.3, -0.25) is 9.36 Å². The maximum absolute atomic E-state index is 13.6. The Morgan fingerprint density at radius 3 is 1.79 bits per heavy atom. The highest BCUT2D eigenvalue weighted by atomic mass is 35.6. The zero-order valence-electron chi connectivity index (χ0n) is 31.9. The van der Waals surface area contributed by atoms with Gasteiger partial charge in [0.1, 0.15) is 23.3 Å². The first kappa shape index (κ1) is 46.7. The number of rotatable bonds is 3. The molecular formula is C41H32Cl4F4N10O3. The minimum atomic E-state index is -2.04. The zero-order valence-corrected chi connectivity index (χ0v) is 35.0. The van der Waals surface area contributed by atoms with Crippen molar-refractivity contribution >= 4 is 69.2 Å². The molecule has 8 rings (SSSR count). The van der Waals surface area contributed by atoms with Gasteiger partial charge in [0, 0.05) is 53.7 Å². The molecular weight excluding hydrogens is 898 g/mol. The van der Waals surface area contributed by atoms with Crippen molar-refractivity contribution in [2.45, 2.75) is 30.2 Å². The van der Waals surface area contributed by atoms with Crippen LogP contribution >= 0.6 is 46.4 Å². The molecule has 2 aliphatic heterocycles. The Hall–Kier alpha value is -6.34. The first-order valence-corrected chi connectivity index (χ1v) is 19.5. The molecule has 4 heterocycles. The first-order valence-electron chi connectivity index (χ1n) is 18.0. The summed E-state index contributed by atoms with van der Waals surface area (Å²) in [6, 6.07) is 23.3. The quantitative estimate of drug-likeness (QED) is 0.0674. The van der Waals surface area contributed by atoms with Gasteiger partial charge in [0.2, 0.25) is 0 Å². The fourth-order valence-electron chi connectivity index (χ4n) is 6.04. The van der Waals surface area contributed by atoms with Crippen LogP contribution in [0.15, 0.2) is 97.3 Å². The second-order valence-electron chi connectivity index (χ2n) is 13.0. The molecule has 0 bridgehead atoms. The van der Waals surface area contributed by atoms with Crippen molar-refractivity contribution < 1.29 is 31.9 Å². The van der Waals surface area contributed by atoms with Crippen molar-refractivity contribution in [2.24, 2.45) is 0 Å². The minimum Gasteiger partial charge on any atom is -0.402 e. The van der Waals surface area contributed by atoms with E-state index in [2.05, 4.69) is 37.2 Å². The third-order valence-corrected chi connectivity index (χ3v) is 9.04. The average molecular weight is 931 g/mol. The summed E-state index contributed by atoms with van der Waals surface area (Å²) < 4.78 is 57.6. The number of alkyl halides is 3. The fourth-order valence-corrected chi connectivity index (χ4v) is 6.48. The molecule has 2 aliphatic rings. The third-order valence-electron chi connectivity index (χ3n) is 8.73. The molecule has 2 aromatic heterocycles. The molecule has 320 valence electrons. The van der Waals surface area contributed by atoms with Crippen molar-refractivity contribution in [3.63, 3.8) is 0 Å². The number of amides is 2. The molecule has 21 heteroatoms. The van der Waals surface area contributed by atoms with E-state index in [4.69, 9.17) is 51.1 Å². The molecule has 0 spiro atoms. The molecule has 6 aromatic rings. The number of ether oxygens (including phenoxy) is 1. The number of anilines is 2. The molecule has 4 aromatic carbocycles. The first-order chi connectivity index (χ1) is 29.5. The molecule has 0 fully saturated rings. The predicted octanol–water partition coefficient (Wildman–Crippen LogP) is 9.51. The van der Waals surface area contributed by atoms with Crippen molar-refractivity contribution in [1.82, 2.24) is 29.8 Å². The van der Waals surface area contributed by atoms with E-state index in [1.165, 1.54) is 48.2 Å². The molecule has 0 unspecified atom stereocenters. The van der Waals surface area contributed by atoms with Gasteiger partial charge >= 0.3 is 15.4 Å². The van der Waals surface area contributed by atoms with Crippen LogP contribution in [0.5, 0.6) is 0 Å². The number of benzene rings is 4. The number of nitrogens with one attached hydrogen (secondary N) is 2. The van der Waals surface area contributed by atoms with Gasteiger partial charge in [-0.25, -0.2) is 27.2 Å². The van der Waals surface area contributed by atoms with Crippen LogP contribution in [0.3, 0.4) is 0 Å². The van der Waals surface area contributed by atoms with Crippen LogP contribution < -0.4 is 16.4 Å². The maximum atomic E-state index is 13.6. The van der Waals surface area contributed by atoms with Crippen molar-refractivity contribution in [2.75, 3.05) is 24.1 Å². The molecule has 0 saturated heterocycles.